The van der Waals surface area contributed by atoms with Gasteiger partial charge in [-0.15, -0.1) is 0 Å². The molecule has 2 amide bonds. The van der Waals surface area contributed by atoms with Gasteiger partial charge in [0.15, 0.2) is 0 Å². The molecular weight excluding hydrogens is 521 g/mol. The van der Waals surface area contributed by atoms with E-state index in [1.165, 1.54) is 18.6 Å². The van der Waals surface area contributed by atoms with Crippen molar-refractivity contribution >= 4 is 11.8 Å². The number of halogens is 1. The number of rotatable bonds is 13. The minimum atomic E-state index is -0.259. The monoisotopic (exact) mass is 563 g/mol. The second-order valence-corrected chi connectivity index (χ2v) is 10.7. The summed E-state index contributed by atoms with van der Waals surface area (Å²) in [6.45, 7) is 3.62. The maximum absolute atomic E-state index is 14.1. The van der Waals surface area contributed by atoms with Crippen LogP contribution in [0.2, 0.25) is 0 Å². The van der Waals surface area contributed by atoms with E-state index in [1.54, 1.807) is 49.5 Å². The lowest BCUT2D eigenvalue weighted by Crippen LogP contribution is -2.47. The molecule has 0 bridgehead atoms. The maximum Gasteiger partial charge on any atom is 0.254 e. The average molecular weight is 564 g/mol. The average Bonchev–Trinajstić information content (AvgIpc) is 3.45. The zero-order chi connectivity index (χ0) is 29.2. The molecule has 3 aromatic rings. The zero-order valence-electron chi connectivity index (χ0n) is 24.5. The highest BCUT2D eigenvalue weighted by Crippen LogP contribution is 2.26. The quantitative estimate of drug-likeness (QED) is 0.245. The molecule has 1 aliphatic carbocycles. The number of carbonyl (C=O) groups excluding carboxylic acids is 2. The van der Waals surface area contributed by atoms with Crippen molar-refractivity contribution in [3.63, 3.8) is 0 Å². The van der Waals surface area contributed by atoms with Crippen molar-refractivity contribution in [2.24, 2.45) is 0 Å². The largest absolute Gasteiger partial charge is 0.497 e. The van der Waals surface area contributed by atoms with Gasteiger partial charge in [0, 0.05) is 42.7 Å². The Morgan fingerprint density at radius 1 is 0.976 bits per heavy atom. The Balaban J connectivity index is 1.57. The van der Waals surface area contributed by atoms with E-state index in [9.17, 15) is 14.0 Å². The molecule has 2 aromatic carbocycles. The Kier molecular flexibility index (Phi) is 10.8. The van der Waals surface area contributed by atoms with Crippen molar-refractivity contribution in [2.75, 3.05) is 27.3 Å². The molecule has 41 heavy (non-hydrogen) atoms. The minimum absolute atomic E-state index is 0.00747. The molecule has 0 N–H and O–H groups in total. The first-order valence-electron chi connectivity index (χ1n) is 14.6. The standard InChI is InChI=1S/C33H42FN3O4/c1-4-5-17-36(33(39)26-19-30(40-2)21-31(20-26)41-3)24-32(38)37(28-10-7-6-8-11-28)23-29-12-9-18-35(29)22-25-13-15-27(34)16-14-25/h9,12-16,18-21,28H,4-8,10-11,17,22-24H2,1-3H3. The number of ether oxygens (including phenoxy) is 2. The molecule has 0 spiro atoms. The van der Waals surface area contributed by atoms with Crippen LogP contribution in [0.3, 0.4) is 0 Å². The van der Waals surface area contributed by atoms with Crippen LogP contribution in [0.5, 0.6) is 11.5 Å². The smallest absolute Gasteiger partial charge is 0.254 e. The molecule has 1 saturated carbocycles. The number of carbonyl (C=O) groups is 2. The minimum Gasteiger partial charge on any atom is -0.497 e. The Bertz CT molecular complexity index is 1260. The van der Waals surface area contributed by atoms with Gasteiger partial charge < -0.3 is 23.8 Å². The molecule has 1 aromatic heterocycles. The maximum atomic E-state index is 14.1. The number of hydrogen-bond acceptors (Lipinski definition) is 4. The molecule has 1 heterocycles. The molecular formula is C33H42FN3O4. The fourth-order valence-electron chi connectivity index (χ4n) is 5.49. The van der Waals surface area contributed by atoms with E-state index >= 15 is 0 Å². The lowest BCUT2D eigenvalue weighted by Gasteiger charge is -2.36. The normalized spacial score (nSPS) is 13.6. The van der Waals surface area contributed by atoms with E-state index in [1.807, 2.05) is 23.2 Å². The SMILES string of the molecule is CCCCN(CC(=O)N(Cc1cccn1Cc1ccc(F)cc1)C1CCCCC1)C(=O)c1cc(OC)cc(OC)c1. The van der Waals surface area contributed by atoms with Crippen LogP contribution in [-0.4, -0.2) is 59.5 Å². The summed E-state index contributed by atoms with van der Waals surface area (Å²) in [6, 6.07) is 15.8. The number of unbranched alkanes of at least 4 members (excludes halogenated alkanes) is 1. The van der Waals surface area contributed by atoms with Crippen molar-refractivity contribution in [3.05, 3.63) is 83.4 Å². The van der Waals surface area contributed by atoms with Gasteiger partial charge in [-0.1, -0.05) is 44.7 Å². The number of amides is 2. The topological polar surface area (TPSA) is 64.0 Å². The van der Waals surface area contributed by atoms with Crippen molar-refractivity contribution < 1.29 is 23.5 Å². The van der Waals surface area contributed by atoms with Gasteiger partial charge in [-0.2, -0.15) is 0 Å². The zero-order valence-corrected chi connectivity index (χ0v) is 24.5. The predicted molar refractivity (Wildman–Crippen MR) is 158 cm³/mol. The highest BCUT2D eigenvalue weighted by atomic mass is 19.1. The van der Waals surface area contributed by atoms with Crippen LogP contribution in [0.1, 0.15) is 73.5 Å². The molecule has 1 aliphatic rings. The van der Waals surface area contributed by atoms with Gasteiger partial charge in [-0.3, -0.25) is 9.59 Å². The molecule has 0 radical (unpaired) electrons. The molecule has 0 aliphatic heterocycles. The third-order valence-corrected chi connectivity index (χ3v) is 7.85. The summed E-state index contributed by atoms with van der Waals surface area (Å²) in [5.41, 5.74) is 2.43. The lowest BCUT2D eigenvalue weighted by molar-refractivity contribution is -0.135. The number of hydrogen-bond donors (Lipinski definition) is 0. The van der Waals surface area contributed by atoms with E-state index in [4.69, 9.17) is 9.47 Å². The highest BCUT2D eigenvalue weighted by Gasteiger charge is 2.29. The predicted octanol–water partition coefficient (Wildman–Crippen LogP) is 6.30. The molecule has 0 saturated heterocycles. The number of nitrogens with zero attached hydrogens (tertiary/aromatic N) is 3. The van der Waals surface area contributed by atoms with Crippen LogP contribution in [0.4, 0.5) is 4.39 Å². The van der Waals surface area contributed by atoms with E-state index in [0.29, 0.717) is 36.7 Å². The third kappa shape index (κ3) is 8.12. The van der Waals surface area contributed by atoms with E-state index in [2.05, 4.69) is 11.5 Å². The Morgan fingerprint density at radius 3 is 2.29 bits per heavy atom. The van der Waals surface area contributed by atoms with E-state index < -0.39 is 0 Å². The second-order valence-electron chi connectivity index (χ2n) is 10.7. The summed E-state index contributed by atoms with van der Waals surface area (Å²) in [4.78, 5) is 31.4. The number of aromatic nitrogens is 1. The third-order valence-electron chi connectivity index (χ3n) is 7.85. The van der Waals surface area contributed by atoms with E-state index in [-0.39, 0.29) is 30.2 Å². The summed E-state index contributed by atoms with van der Waals surface area (Å²) < 4.78 is 26.3. The first kappa shape index (κ1) is 30.2. The van der Waals surface area contributed by atoms with Gasteiger partial charge in [0.25, 0.3) is 5.91 Å². The van der Waals surface area contributed by atoms with Crippen LogP contribution >= 0.6 is 0 Å². The Labute approximate surface area is 242 Å². The molecule has 8 heteroatoms. The Morgan fingerprint density at radius 2 is 1.66 bits per heavy atom. The second kappa shape index (κ2) is 14.7. The van der Waals surface area contributed by atoms with Crippen LogP contribution in [0, 0.1) is 5.82 Å². The fraction of sp³-hybridized carbons (Fsp3) is 0.455. The summed E-state index contributed by atoms with van der Waals surface area (Å²) >= 11 is 0. The van der Waals surface area contributed by atoms with E-state index in [0.717, 1.165) is 49.8 Å². The van der Waals surface area contributed by atoms with Crippen LogP contribution < -0.4 is 9.47 Å². The van der Waals surface area contributed by atoms with Gasteiger partial charge in [0.1, 0.15) is 23.9 Å². The molecule has 1 fully saturated rings. The highest BCUT2D eigenvalue weighted by molar-refractivity contribution is 5.97. The van der Waals surface area contributed by atoms with Crippen LogP contribution in [-0.2, 0) is 17.9 Å². The number of methoxy groups -OCH3 is 2. The molecule has 4 rings (SSSR count). The van der Waals surface area contributed by atoms with Crippen molar-refractivity contribution in [2.45, 2.75) is 71.0 Å². The summed E-state index contributed by atoms with van der Waals surface area (Å²) in [5, 5.41) is 0. The van der Waals surface area contributed by atoms with Gasteiger partial charge >= 0.3 is 0 Å². The molecule has 0 unspecified atom stereocenters. The van der Waals surface area contributed by atoms with Gasteiger partial charge in [0.2, 0.25) is 5.91 Å². The summed E-state index contributed by atoms with van der Waals surface area (Å²) in [6.07, 6.45) is 8.97. The molecule has 0 atom stereocenters. The Hall–Kier alpha value is -3.81. The lowest BCUT2D eigenvalue weighted by atomic mass is 9.94. The first-order valence-corrected chi connectivity index (χ1v) is 14.6. The van der Waals surface area contributed by atoms with Crippen LogP contribution in [0.15, 0.2) is 60.8 Å². The van der Waals surface area contributed by atoms with Crippen molar-refractivity contribution in [3.8, 4) is 11.5 Å². The molecule has 220 valence electrons. The van der Waals surface area contributed by atoms with Crippen LogP contribution in [0.25, 0.3) is 0 Å². The fourth-order valence-corrected chi connectivity index (χ4v) is 5.49. The molecule has 7 nitrogen and oxygen atoms in total. The van der Waals surface area contributed by atoms with Crippen molar-refractivity contribution in [1.29, 1.82) is 0 Å². The van der Waals surface area contributed by atoms with Crippen molar-refractivity contribution in [1.82, 2.24) is 14.4 Å². The number of benzene rings is 2. The van der Waals surface area contributed by atoms with Gasteiger partial charge in [0.05, 0.1) is 20.8 Å². The van der Waals surface area contributed by atoms with Gasteiger partial charge in [-0.05, 0) is 61.2 Å². The summed E-state index contributed by atoms with van der Waals surface area (Å²) in [7, 11) is 3.10. The van der Waals surface area contributed by atoms with Gasteiger partial charge in [-0.25, -0.2) is 4.39 Å². The first-order chi connectivity index (χ1) is 19.9. The summed E-state index contributed by atoms with van der Waals surface area (Å²) in [5.74, 6) is 0.531.